The van der Waals surface area contributed by atoms with Crippen molar-refractivity contribution in [2.45, 2.75) is 19.7 Å². The fraction of sp³-hybridized carbons (Fsp3) is 0.250. The molecule has 2 aromatic rings. The molecule has 1 aliphatic rings. The molecule has 0 spiro atoms. The lowest BCUT2D eigenvalue weighted by Gasteiger charge is -2.18. The van der Waals surface area contributed by atoms with Crippen molar-refractivity contribution in [1.82, 2.24) is 9.88 Å². The number of amides is 1. The molecule has 0 saturated carbocycles. The molecule has 3 rings (SSSR count). The van der Waals surface area contributed by atoms with Crippen LogP contribution in [-0.4, -0.2) is 28.2 Å². The zero-order valence-corrected chi connectivity index (χ0v) is 13.0. The van der Waals surface area contributed by atoms with Crippen LogP contribution in [0.2, 0.25) is 5.02 Å². The smallest absolute Gasteiger partial charge is 0.352 e. The number of carbonyl (C=O) groups is 2. The van der Waals surface area contributed by atoms with E-state index < -0.39 is 5.97 Å². The first-order valence-electron chi connectivity index (χ1n) is 7.13. The van der Waals surface area contributed by atoms with Crippen LogP contribution in [0.15, 0.2) is 30.3 Å². The van der Waals surface area contributed by atoms with Gasteiger partial charge in [0.05, 0.1) is 24.5 Å². The quantitative estimate of drug-likeness (QED) is 0.899. The molecule has 0 atom stereocenters. The maximum Gasteiger partial charge on any atom is 0.352 e. The van der Waals surface area contributed by atoms with Gasteiger partial charge < -0.3 is 19.7 Å². The van der Waals surface area contributed by atoms with E-state index in [9.17, 15) is 14.7 Å². The van der Waals surface area contributed by atoms with Gasteiger partial charge in [-0.15, -0.1) is 0 Å². The summed E-state index contributed by atoms with van der Waals surface area (Å²) in [7, 11) is 0. The first-order valence-corrected chi connectivity index (χ1v) is 7.50. The number of carboxylic acids is 1. The lowest BCUT2D eigenvalue weighted by molar-refractivity contribution is 0.0642. The number of rotatable bonds is 4. The normalized spacial score (nSPS) is 13.4. The van der Waals surface area contributed by atoms with Gasteiger partial charge in [0.1, 0.15) is 5.69 Å². The number of hydrogen-bond donors (Lipinski definition) is 2. The van der Waals surface area contributed by atoms with Crippen molar-refractivity contribution in [1.29, 1.82) is 0 Å². The van der Waals surface area contributed by atoms with E-state index in [1.165, 1.54) is 6.07 Å². The van der Waals surface area contributed by atoms with Crippen LogP contribution in [0.3, 0.4) is 0 Å². The van der Waals surface area contributed by atoms with Gasteiger partial charge in [0.25, 0.3) is 5.91 Å². The van der Waals surface area contributed by atoms with Crippen LogP contribution >= 0.6 is 11.6 Å². The number of hydrogen-bond acceptors (Lipinski definition) is 3. The van der Waals surface area contributed by atoms with Crippen LogP contribution in [0.25, 0.3) is 0 Å². The summed E-state index contributed by atoms with van der Waals surface area (Å²) >= 11 is 6.06. The molecule has 0 fully saturated rings. The van der Waals surface area contributed by atoms with Crippen molar-refractivity contribution in [2.75, 3.05) is 6.61 Å². The molecule has 0 bridgehead atoms. The van der Waals surface area contributed by atoms with Gasteiger partial charge in [-0.05, 0) is 17.7 Å². The summed E-state index contributed by atoms with van der Waals surface area (Å²) in [5.74, 6) is -1.40. The molecule has 6 nitrogen and oxygen atoms in total. The highest BCUT2D eigenvalue weighted by Gasteiger charge is 2.25. The minimum Gasteiger partial charge on any atom is -0.477 e. The third-order valence-corrected chi connectivity index (χ3v) is 4.14. The van der Waals surface area contributed by atoms with Crippen LogP contribution in [-0.2, 0) is 24.4 Å². The SMILES string of the molecule is O=C(NCc1ccccc1Cl)c1cc(C(=O)O)n2c1COCC2. The Hall–Kier alpha value is -2.31. The lowest BCUT2D eigenvalue weighted by Crippen LogP contribution is -2.26. The number of aromatic nitrogens is 1. The second-order valence-corrected chi connectivity index (χ2v) is 5.58. The Morgan fingerprint density at radius 3 is 2.87 bits per heavy atom. The van der Waals surface area contributed by atoms with E-state index in [0.29, 0.717) is 29.4 Å². The number of ether oxygens (including phenoxy) is 1. The third kappa shape index (κ3) is 3.09. The highest BCUT2D eigenvalue weighted by molar-refractivity contribution is 6.31. The summed E-state index contributed by atoms with van der Waals surface area (Å²) in [4.78, 5) is 23.7. The lowest BCUT2D eigenvalue weighted by atomic mass is 10.2. The summed E-state index contributed by atoms with van der Waals surface area (Å²) in [5, 5.41) is 12.6. The van der Waals surface area contributed by atoms with E-state index in [1.54, 1.807) is 10.6 Å². The first-order chi connectivity index (χ1) is 11.1. The Kier molecular flexibility index (Phi) is 4.36. The molecule has 2 N–H and O–H groups in total. The number of aromatic carboxylic acids is 1. The van der Waals surface area contributed by atoms with E-state index in [2.05, 4.69) is 5.32 Å². The summed E-state index contributed by atoms with van der Waals surface area (Å²) < 4.78 is 6.97. The molecular weight excluding hydrogens is 320 g/mol. The molecular formula is C16H15ClN2O4. The molecule has 23 heavy (non-hydrogen) atoms. The number of carboxylic acid groups (broad SMARTS) is 1. The first kappa shape index (κ1) is 15.6. The zero-order chi connectivity index (χ0) is 16.4. The van der Waals surface area contributed by atoms with Gasteiger partial charge in [-0.3, -0.25) is 4.79 Å². The zero-order valence-electron chi connectivity index (χ0n) is 12.2. The van der Waals surface area contributed by atoms with Gasteiger partial charge in [-0.2, -0.15) is 0 Å². The van der Waals surface area contributed by atoms with Crippen LogP contribution < -0.4 is 5.32 Å². The van der Waals surface area contributed by atoms with Crippen LogP contribution in [0.4, 0.5) is 0 Å². The molecule has 1 amide bonds. The molecule has 7 heteroatoms. The molecule has 1 aromatic carbocycles. The second kappa shape index (κ2) is 6.44. The Morgan fingerprint density at radius 2 is 2.13 bits per heavy atom. The minimum absolute atomic E-state index is 0.103. The number of carbonyl (C=O) groups excluding carboxylic acids is 1. The number of halogens is 1. The van der Waals surface area contributed by atoms with Crippen molar-refractivity contribution in [3.63, 3.8) is 0 Å². The Balaban J connectivity index is 1.82. The van der Waals surface area contributed by atoms with Crippen LogP contribution in [0.5, 0.6) is 0 Å². The maximum absolute atomic E-state index is 12.4. The predicted octanol–water partition coefficient (Wildman–Crippen LogP) is 2.30. The fourth-order valence-corrected chi connectivity index (χ4v) is 2.81. The van der Waals surface area contributed by atoms with Gasteiger partial charge in [-0.1, -0.05) is 29.8 Å². The molecule has 2 heterocycles. The minimum atomic E-state index is -1.06. The molecule has 0 aliphatic carbocycles. The van der Waals surface area contributed by atoms with E-state index in [0.717, 1.165) is 5.56 Å². The topological polar surface area (TPSA) is 80.6 Å². The fourth-order valence-electron chi connectivity index (χ4n) is 2.61. The summed E-state index contributed by atoms with van der Waals surface area (Å²) in [6.07, 6.45) is 0. The second-order valence-electron chi connectivity index (χ2n) is 5.17. The molecule has 0 unspecified atom stereocenters. The van der Waals surface area contributed by atoms with Gasteiger partial charge in [-0.25, -0.2) is 4.79 Å². The van der Waals surface area contributed by atoms with Crippen LogP contribution in [0, 0.1) is 0 Å². The Labute approximate surface area is 137 Å². The molecule has 120 valence electrons. The third-order valence-electron chi connectivity index (χ3n) is 3.77. The molecule has 1 aromatic heterocycles. The Morgan fingerprint density at radius 1 is 1.35 bits per heavy atom. The Bertz CT molecular complexity index is 769. The molecule has 1 aliphatic heterocycles. The highest BCUT2D eigenvalue weighted by Crippen LogP contribution is 2.21. The monoisotopic (exact) mass is 334 g/mol. The van der Waals surface area contributed by atoms with Crippen molar-refractivity contribution in [3.8, 4) is 0 Å². The van der Waals surface area contributed by atoms with E-state index in [1.807, 2.05) is 18.2 Å². The van der Waals surface area contributed by atoms with E-state index in [4.69, 9.17) is 16.3 Å². The van der Waals surface area contributed by atoms with Crippen molar-refractivity contribution in [2.24, 2.45) is 0 Å². The maximum atomic E-state index is 12.4. The van der Waals surface area contributed by atoms with Gasteiger partial charge in [0, 0.05) is 18.1 Å². The number of nitrogens with one attached hydrogen (secondary N) is 1. The van der Waals surface area contributed by atoms with Crippen LogP contribution in [0.1, 0.15) is 32.1 Å². The van der Waals surface area contributed by atoms with Crippen molar-refractivity contribution < 1.29 is 19.4 Å². The standard InChI is InChI=1S/C16H15ClN2O4/c17-12-4-2-1-3-10(12)8-18-15(20)11-7-13(16(21)22)19-5-6-23-9-14(11)19/h1-4,7H,5-6,8-9H2,(H,18,20)(H,21,22). The highest BCUT2D eigenvalue weighted by atomic mass is 35.5. The van der Waals surface area contributed by atoms with E-state index >= 15 is 0 Å². The van der Waals surface area contributed by atoms with E-state index in [-0.39, 0.29) is 24.8 Å². The summed E-state index contributed by atoms with van der Waals surface area (Å²) in [6, 6.07) is 8.62. The van der Waals surface area contributed by atoms with Gasteiger partial charge in [0.15, 0.2) is 0 Å². The largest absolute Gasteiger partial charge is 0.477 e. The summed E-state index contributed by atoms with van der Waals surface area (Å²) in [6.45, 7) is 1.35. The molecule has 0 radical (unpaired) electrons. The predicted molar refractivity (Wildman–Crippen MR) is 83.7 cm³/mol. The average molecular weight is 335 g/mol. The summed E-state index contributed by atoms with van der Waals surface area (Å²) in [5.41, 5.74) is 1.82. The molecule has 0 saturated heterocycles. The number of benzene rings is 1. The van der Waals surface area contributed by atoms with Crippen molar-refractivity contribution in [3.05, 3.63) is 57.9 Å². The van der Waals surface area contributed by atoms with Gasteiger partial charge in [0.2, 0.25) is 0 Å². The number of fused-ring (bicyclic) bond motifs is 1. The van der Waals surface area contributed by atoms with Gasteiger partial charge >= 0.3 is 5.97 Å². The average Bonchev–Trinajstić information content (AvgIpc) is 2.94. The van der Waals surface area contributed by atoms with Crippen molar-refractivity contribution >= 4 is 23.5 Å². The number of nitrogens with zero attached hydrogens (tertiary/aromatic N) is 1.